The molecule has 0 rings (SSSR count). The maximum atomic E-state index is 11.3. The zero-order valence-electron chi connectivity index (χ0n) is 15.1. The van der Waals surface area contributed by atoms with Gasteiger partial charge < -0.3 is 14.9 Å². The third kappa shape index (κ3) is 17.6. The molecule has 0 aromatic rings. The molecule has 0 spiro atoms. The van der Waals surface area contributed by atoms with Crippen molar-refractivity contribution in [2.75, 3.05) is 13.2 Å². The van der Waals surface area contributed by atoms with Crippen molar-refractivity contribution in [3.63, 3.8) is 0 Å². The molecule has 0 heterocycles. The van der Waals surface area contributed by atoms with Gasteiger partial charge in [-0.1, -0.05) is 84.0 Å². The van der Waals surface area contributed by atoms with Gasteiger partial charge in [-0.2, -0.15) is 0 Å². The lowest BCUT2D eigenvalue weighted by Crippen LogP contribution is -2.21. The van der Waals surface area contributed by atoms with Crippen LogP contribution in [0.1, 0.15) is 96.8 Å². The summed E-state index contributed by atoms with van der Waals surface area (Å²) in [6, 6.07) is 0. The molecule has 1 unspecified atom stereocenters. The number of carbonyl (C=O) groups excluding carboxylic acids is 1. The van der Waals surface area contributed by atoms with Gasteiger partial charge in [0.25, 0.3) is 0 Å². The van der Waals surface area contributed by atoms with E-state index in [0.29, 0.717) is 6.42 Å². The highest BCUT2D eigenvalue weighted by molar-refractivity contribution is 5.69. The fourth-order valence-corrected chi connectivity index (χ4v) is 2.60. The van der Waals surface area contributed by atoms with E-state index in [2.05, 4.69) is 6.92 Å². The number of unbranched alkanes of at least 4 members (excludes halogenated alkanes) is 12. The van der Waals surface area contributed by atoms with Crippen LogP contribution in [0, 0.1) is 0 Å². The standard InChI is InChI=1S/C19H38O4/c1-2-3-4-5-6-7-8-9-10-11-12-13-14-15-19(22)23-17-18(21)16-20/h18,20-21H,2-17H2,1H3/i16+2,17+2,18+2. The van der Waals surface area contributed by atoms with Crippen molar-refractivity contribution in [1.82, 2.24) is 0 Å². The molecule has 4 heteroatoms. The minimum Gasteiger partial charge on any atom is -0.463 e. The fraction of sp³-hybridized carbons (Fsp3) is 0.947. The van der Waals surface area contributed by atoms with Crippen LogP contribution < -0.4 is 0 Å². The average Bonchev–Trinajstić information content (AvgIpc) is 2.56. The molecule has 4 nitrogen and oxygen atoms in total. The highest BCUT2D eigenvalue weighted by atomic mass is 16.8. The van der Waals surface area contributed by atoms with Gasteiger partial charge in [-0.05, 0) is 6.42 Å². The maximum absolute atomic E-state index is 11.3. The summed E-state index contributed by atoms with van der Waals surface area (Å²) in [5.41, 5.74) is 0. The molecule has 138 valence electrons. The van der Waals surface area contributed by atoms with E-state index in [4.69, 9.17) is 14.9 Å². The number of ether oxygens (including phenoxy) is 1. The lowest BCUT2D eigenvalue weighted by Gasteiger charge is -2.08. The smallest absolute Gasteiger partial charge is 0.305 e. The van der Waals surface area contributed by atoms with Gasteiger partial charge >= 0.3 is 5.97 Å². The Kier molecular flexibility index (Phi) is 17.3. The first-order chi connectivity index (χ1) is 11.2. The lowest BCUT2D eigenvalue weighted by molar-refractivity contribution is -0.147. The van der Waals surface area contributed by atoms with Crippen molar-refractivity contribution in [3.8, 4) is 0 Å². The summed E-state index contributed by atoms with van der Waals surface area (Å²) in [5.74, 6) is -0.277. The maximum Gasteiger partial charge on any atom is 0.305 e. The second kappa shape index (κ2) is 17.7. The van der Waals surface area contributed by atoms with E-state index in [1.54, 1.807) is 0 Å². The van der Waals surface area contributed by atoms with Crippen molar-refractivity contribution in [2.24, 2.45) is 0 Å². The normalized spacial score (nSPS) is 12.3. The van der Waals surface area contributed by atoms with E-state index in [0.717, 1.165) is 12.8 Å². The summed E-state index contributed by atoms with van der Waals surface area (Å²) in [4.78, 5) is 11.3. The Balaban J connectivity index is 3.14. The summed E-state index contributed by atoms with van der Waals surface area (Å²) in [6.07, 6.45) is 16.1. The Hall–Kier alpha value is -0.610. The molecule has 0 aliphatic carbocycles. The van der Waals surface area contributed by atoms with Gasteiger partial charge in [0.2, 0.25) is 0 Å². The zero-order chi connectivity index (χ0) is 17.2. The number of rotatable bonds is 17. The van der Waals surface area contributed by atoms with Crippen molar-refractivity contribution in [2.45, 2.75) is 103 Å². The SMILES string of the molecule is CCCCCCCCCCCCCCCC(=O)O[14CH2][14CH](O)[14CH2]O. The van der Waals surface area contributed by atoms with E-state index in [1.807, 2.05) is 0 Å². The van der Waals surface area contributed by atoms with Crippen LogP contribution in [-0.4, -0.2) is 35.5 Å². The predicted molar refractivity (Wildman–Crippen MR) is 94.4 cm³/mol. The summed E-state index contributed by atoms with van der Waals surface area (Å²) in [6.45, 7) is 1.78. The number of carbonyl (C=O) groups is 1. The zero-order valence-corrected chi connectivity index (χ0v) is 15.1. The van der Waals surface area contributed by atoms with Crippen molar-refractivity contribution < 1.29 is 19.7 Å². The number of hydrogen-bond donors (Lipinski definition) is 2. The summed E-state index contributed by atoms with van der Waals surface area (Å²) in [5, 5.41) is 17.7. The van der Waals surface area contributed by atoms with Crippen molar-refractivity contribution in [1.29, 1.82) is 0 Å². The first-order valence-corrected chi connectivity index (χ1v) is 9.65. The van der Waals surface area contributed by atoms with Crippen molar-refractivity contribution in [3.05, 3.63) is 0 Å². The molecule has 0 amide bonds. The Bertz CT molecular complexity index is 256. The summed E-state index contributed by atoms with van der Waals surface area (Å²) < 4.78 is 4.85. The number of aliphatic hydroxyl groups is 2. The molecular weight excluding hydrogens is 298 g/mol. The molecule has 0 aromatic carbocycles. The van der Waals surface area contributed by atoms with Crippen LogP contribution in [0.2, 0.25) is 0 Å². The van der Waals surface area contributed by atoms with Gasteiger partial charge in [0.05, 0.1) is 6.61 Å². The first kappa shape index (κ1) is 22.4. The second-order valence-electron chi connectivity index (χ2n) is 6.51. The molecule has 0 fully saturated rings. The molecule has 0 aliphatic rings. The van der Waals surface area contributed by atoms with Gasteiger partial charge in [-0.3, -0.25) is 4.79 Å². The highest BCUT2D eigenvalue weighted by Gasteiger charge is 2.07. The Morgan fingerprint density at radius 3 is 1.74 bits per heavy atom. The Labute approximate surface area is 142 Å². The first-order valence-electron chi connectivity index (χ1n) is 9.65. The molecule has 0 aliphatic heterocycles. The van der Waals surface area contributed by atoms with Crippen LogP contribution in [-0.2, 0) is 9.53 Å². The molecule has 1 atom stereocenters. The minimum absolute atomic E-state index is 0.103. The summed E-state index contributed by atoms with van der Waals surface area (Å²) in [7, 11) is 0. The minimum atomic E-state index is -0.953. The van der Waals surface area contributed by atoms with Crippen LogP contribution in [0.3, 0.4) is 0 Å². The van der Waals surface area contributed by atoms with Crippen LogP contribution in [0.15, 0.2) is 0 Å². The number of hydrogen-bond acceptors (Lipinski definition) is 4. The summed E-state index contributed by atoms with van der Waals surface area (Å²) >= 11 is 0. The molecule has 0 bridgehead atoms. The van der Waals surface area contributed by atoms with Crippen LogP contribution >= 0.6 is 0 Å². The van der Waals surface area contributed by atoms with Gasteiger partial charge in [0.1, 0.15) is 12.7 Å². The number of aliphatic hydroxyl groups excluding tert-OH is 2. The monoisotopic (exact) mass is 336 g/mol. The lowest BCUT2D eigenvalue weighted by atomic mass is 10.0. The predicted octanol–water partition coefficient (Wildman–Crippen LogP) is 4.36. The van der Waals surface area contributed by atoms with Gasteiger partial charge in [0, 0.05) is 6.42 Å². The van der Waals surface area contributed by atoms with Gasteiger partial charge in [0.15, 0.2) is 0 Å². The Morgan fingerprint density at radius 2 is 1.30 bits per heavy atom. The van der Waals surface area contributed by atoms with Crippen LogP contribution in [0.5, 0.6) is 0 Å². The van der Waals surface area contributed by atoms with Gasteiger partial charge in [-0.25, -0.2) is 0 Å². The van der Waals surface area contributed by atoms with E-state index in [1.165, 1.54) is 70.6 Å². The Morgan fingerprint density at radius 1 is 0.870 bits per heavy atom. The van der Waals surface area contributed by atoms with Gasteiger partial charge in [-0.15, -0.1) is 0 Å². The van der Waals surface area contributed by atoms with E-state index in [9.17, 15) is 4.79 Å². The third-order valence-electron chi connectivity index (χ3n) is 4.13. The number of esters is 1. The molecular formula is C19H38O4. The third-order valence-corrected chi connectivity index (χ3v) is 4.13. The van der Waals surface area contributed by atoms with E-state index < -0.39 is 6.10 Å². The highest BCUT2D eigenvalue weighted by Crippen LogP contribution is 2.13. The van der Waals surface area contributed by atoms with Crippen LogP contribution in [0.25, 0.3) is 0 Å². The second-order valence-corrected chi connectivity index (χ2v) is 6.51. The fourth-order valence-electron chi connectivity index (χ4n) is 2.60. The quantitative estimate of drug-likeness (QED) is 0.306. The van der Waals surface area contributed by atoms with Crippen molar-refractivity contribution >= 4 is 5.97 Å². The van der Waals surface area contributed by atoms with Crippen LogP contribution in [0.4, 0.5) is 0 Å². The molecule has 0 saturated heterocycles. The topological polar surface area (TPSA) is 66.8 Å². The van der Waals surface area contributed by atoms with E-state index >= 15 is 0 Å². The molecule has 0 radical (unpaired) electrons. The molecule has 0 saturated carbocycles. The molecule has 23 heavy (non-hydrogen) atoms. The average molecular weight is 336 g/mol. The van der Waals surface area contributed by atoms with E-state index in [-0.39, 0.29) is 19.2 Å². The largest absolute Gasteiger partial charge is 0.463 e. The molecule has 0 aromatic heterocycles. The molecule has 2 N–H and O–H groups in total.